The molecule has 0 radical (unpaired) electrons. The highest BCUT2D eigenvalue weighted by molar-refractivity contribution is 6.00. The van der Waals surface area contributed by atoms with Gasteiger partial charge >= 0.3 is 0 Å². The van der Waals surface area contributed by atoms with Gasteiger partial charge in [0.05, 0.1) is 5.52 Å². The lowest BCUT2D eigenvalue weighted by molar-refractivity contribution is 1.33. The number of aromatic nitrogens is 3. The SMILES string of the molecule is Nc1nc2ccncc2cc1-c1c[nH]c2ccccc12. The van der Waals surface area contributed by atoms with E-state index in [-0.39, 0.29) is 0 Å². The third-order valence-corrected chi connectivity index (χ3v) is 3.52. The molecule has 0 atom stereocenters. The molecule has 0 aliphatic carbocycles. The van der Waals surface area contributed by atoms with Crippen LogP contribution >= 0.6 is 0 Å². The minimum absolute atomic E-state index is 0.536. The number of nitrogens with two attached hydrogens (primary N) is 1. The predicted molar refractivity (Wildman–Crippen MR) is 81.2 cm³/mol. The first-order valence-electron chi connectivity index (χ1n) is 6.40. The van der Waals surface area contributed by atoms with Crippen molar-refractivity contribution in [1.29, 1.82) is 0 Å². The van der Waals surface area contributed by atoms with Gasteiger partial charge in [0.15, 0.2) is 0 Å². The van der Waals surface area contributed by atoms with Crippen LogP contribution in [0.2, 0.25) is 0 Å². The molecule has 3 heterocycles. The molecule has 3 N–H and O–H groups in total. The van der Waals surface area contributed by atoms with Crippen molar-refractivity contribution in [1.82, 2.24) is 15.0 Å². The zero-order valence-electron chi connectivity index (χ0n) is 10.7. The van der Waals surface area contributed by atoms with Gasteiger partial charge in [-0.1, -0.05) is 18.2 Å². The maximum Gasteiger partial charge on any atom is 0.132 e. The van der Waals surface area contributed by atoms with Crippen molar-refractivity contribution < 1.29 is 0 Å². The summed E-state index contributed by atoms with van der Waals surface area (Å²) in [4.78, 5) is 11.9. The molecule has 0 unspecified atom stereocenters. The normalized spacial score (nSPS) is 11.2. The largest absolute Gasteiger partial charge is 0.383 e. The number of nitrogens with zero attached hydrogens (tertiary/aromatic N) is 2. The number of H-pyrrole nitrogens is 1. The Morgan fingerprint density at radius 3 is 2.90 bits per heavy atom. The van der Waals surface area contributed by atoms with E-state index >= 15 is 0 Å². The first kappa shape index (κ1) is 11.0. The summed E-state index contributed by atoms with van der Waals surface area (Å²) in [6.07, 6.45) is 5.50. The standard InChI is InChI=1S/C16H12N4/c17-16-12(7-10-8-18-6-5-14(10)20-16)13-9-19-15-4-2-1-3-11(13)15/h1-9,19H,(H2,17,20). The second-order valence-electron chi connectivity index (χ2n) is 4.74. The van der Waals surface area contributed by atoms with Crippen LogP contribution < -0.4 is 5.73 Å². The molecule has 0 saturated carbocycles. The smallest absolute Gasteiger partial charge is 0.132 e. The number of anilines is 1. The molecule has 0 amide bonds. The highest BCUT2D eigenvalue weighted by atomic mass is 14.8. The van der Waals surface area contributed by atoms with Crippen LogP contribution in [0.5, 0.6) is 0 Å². The minimum atomic E-state index is 0.536. The molecular weight excluding hydrogens is 248 g/mol. The van der Waals surface area contributed by atoms with Crippen molar-refractivity contribution in [3.05, 3.63) is 55.0 Å². The Morgan fingerprint density at radius 2 is 1.95 bits per heavy atom. The summed E-state index contributed by atoms with van der Waals surface area (Å²) < 4.78 is 0. The molecule has 0 spiro atoms. The number of aromatic amines is 1. The molecule has 0 aliphatic heterocycles. The monoisotopic (exact) mass is 260 g/mol. The number of hydrogen-bond donors (Lipinski definition) is 2. The van der Waals surface area contributed by atoms with Crippen LogP contribution in [0.25, 0.3) is 32.9 Å². The van der Waals surface area contributed by atoms with Crippen LogP contribution in [-0.4, -0.2) is 15.0 Å². The van der Waals surface area contributed by atoms with E-state index < -0.39 is 0 Å². The first-order valence-corrected chi connectivity index (χ1v) is 6.40. The van der Waals surface area contributed by atoms with Gasteiger partial charge in [0.2, 0.25) is 0 Å². The summed E-state index contributed by atoms with van der Waals surface area (Å²) >= 11 is 0. The quantitative estimate of drug-likeness (QED) is 0.551. The van der Waals surface area contributed by atoms with Gasteiger partial charge in [0.25, 0.3) is 0 Å². The molecule has 4 heteroatoms. The Hall–Kier alpha value is -2.88. The van der Waals surface area contributed by atoms with E-state index in [0.29, 0.717) is 5.82 Å². The molecule has 4 nitrogen and oxygen atoms in total. The van der Waals surface area contributed by atoms with Gasteiger partial charge in [-0.25, -0.2) is 4.98 Å². The van der Waals surface area contributed by atoms with E-state index in [0.717, 1.165) is 32.9 Å². The summed E-state index contributed by atoms with van der Waals surface area (Å²) in [6, 6.07) is 12.1. The number of nitrogens with one attached hydrogen (secondary N) is 1. The summed E-state index contributed by atoms with van der Waals surface area (Å²) in [5, 5.41) is 2.13. The zero-order valence-corrected chi connectivity index (χ0v) is 10.7. The number of fused-ring (bicyclic) bond motifs is 2. The van der Waals surface area contributed by atoms with E-state index in [1.807, 2.05) is 36.5 Å². The topological polar surface area (TPSA) is 67.6 Å². The fraction of sp³-hybridized carbons (Fsp3) is 0. The minimum Gasteiger partial charge on any atom is -0.383 e. The van der Waals surface area contributed by atoms with Crippen LogP contribution in [0, 0.1) is 0 Å². The Morgan fingerprint density at radius 1 is 1.05 bits per heavy atom. The Bertz CT molecular complexity index is 924. The summed E-state index contributed by atoms with van der Waals surface area (Å²) in [6.45, 7) is 0. The van der Waals surface area contributed by atoms with Gasteiger partial charge in [-0.05, 0) is 18.2 Å². The number of nitrogen functional groups attached to an aromatic ring is 1. The number of rotatable bonds is 1. The molecule has 0 saturated heterocycles. The lowest BCUT2D eigenvalue weighted by Gasteiger charge is -2.06. The van der Waals surface area contributed by atoms with Crippen molar-refractivity contribution >= 4 is 27.6 Å². The van der Waals surface area contributed by atoms with Crippen LogP contribution in [0.3, 0.4) is 0 Å². The van der Waals surface area contributed by atoms with Gasteiger partial charge < -0.3 is 10.7 Å². The lowest BCUT2D eigenvalue weighted by atomic mass is 10.0. The molecule has 0 bridgehead atoms. The summed E-state index contributed by atoms with van der Waals surface area (Å²) in [5.41, 5.74) is 10.1. The Labute approximate surface area is 115 Å². The number of para-hydroxylation sites is 1. The fourth-order valence-corrected chi connectivity index (χ4v) is 2.54. The molecule has 4 aromatic rings. The average Bonchev–Trinajstić information content (AvgIpc) is 2.90. The number of benzene rings is 1. The van der Waals surface area contributed by atoms with E-state index in [1.165, 1.54) is 0 Å². The van der Waals surface area contributed by atoms with Crippen LogP contribution in [0.4, 0.5) is 5.82 Å². The van der Waals surface area contributed by atoms with Crippen LogP contribution in [-0.2, 0) is 0 Å². The highest BCUT2D eigenvalue weighted by Crippen LogP contribution is 2.33. The van der Waals surface area contributed by atoms with E-state index in [1.54, 1.807) is 12.4 Å². The predicted octanol–water partition coefficient (Wildman–Crippen LogP) is 3.36. The molecule has 3 aromatic heterocycles. The van der Waals surface area contributed by atoms with Crippen molar-refractivity contribution in [3.8, 4) is 11.1 Å². The average molecular weight is 260 g/mol. The molecule has 4 rings (SSSR count). The third-order valence-electron chi connectivity index (χ3n) is 3.52. The van der Waals surface area contributed by atoms with Gasteiger partial charge in [-0.2, -0.15) is 0 Å². The number of hydrogen-bond acceptors (Lipinski definition) is 3. The Kier molecular flexibility index (Phi) is 2.23. The van der Waals surface area contributed by atoms with Gasteiger partial charge in [-0.3, -0.25) is 4.98 Å². The lowest BCUT2D eigenvalue weighted by Crippen LogP contribution is -1.95. The maximum atomic E-state index is 6.12. The summed E-state index contributed by atoms with van der Waals surface area (Å²) in [5.74, 6) is 0.536. The van der Waals surface area contributed by atoms with Crippen LogP contribution in [0.15, 0.2) is 55.0 Å². The zero-order chi connectivity index (χ0) is 13.5. The van der Waals surface area contributed by atoms with Crippen molar-refractivity contribution in [2.75, 3.05) is 5.73 Å². The van der Waals surface area contributed by atoms with E-state index in [2.05, 4.69) is 21.0 Å². The van der Waals surface area contributed by atoms with Crippen molar-refractivity contribution in [2.45, 2.75) is 0 Å². The van der Waals surface area contributed by atoms with Crippen molar-refractivity contribution in [3.63, 3.8) is 0 Å². The highest BCUT2D eigenvalue weighted by Gasteiger charge is 2.11. The van der Waals surface area contributed by atoms with Gasteiger partial charge in [0.1, 0.15) is 5.82 Å². The first-order chi connectivity index (χ1) is 9.83. The van der Waals surface area contributed by atoms with Crippen LogP contribution in [0.1, 0.15) is 0 Å². The molecule has 96 valence electrons. The van der Waals surface area contributed by atoms with Gasteiger partial charge in [0, 0.05) is 46.0 Å². The molecule has 0 aliphatic rings. The maximum absolute atomic E-state index is 6.12. The molecular formula is C16H12N4. The third kappa shape index (κ3) is 1.55. The van der Waals surface area contributed by atoms with E-state index in [4.69, 9.17) is 5.73 Å². The molecule has 1 aromatic carbocycles. The summed E-state index contributed by atoms with van der Waals surface area (Å²) in [7, 11) is 0. The molecule has 20 heavy (non-hydrogen) atoms. The molecule has 0 fully saturated rings. The number of pyridine rings is 2. The second kappa shape index (κ2) is 4.06. The van der Waals surface area contributed by atoms with E-state index in [9.17, 15) is 0 Å². The van der Waals surface area contributed by atoms with Gasteiger partial charge in [-0.15, -0.1) is 0 Å². The Balaban J connectivity index is 2.04. The fourth-order valence-electron chi connectivity index (χ4n) is 2.54. The second-order valence-corrected chi connectivity index (χ2v) is 4.74. The van der Waals surface area contributed by atoms with Crippen molar-refractivity contribution in [2.24, 2.45) is 0 Å².